The number of para-hydroxylation sites is 6. The number of fused-ring (bicyclic) bond motifs is 2. The highest BCUT2D eigenvalue weighted by Crippen LogP contribution is 2.53. The number of benzene rings is 5. The van der Waals surface area contributed by atoms with Crippen LogP contribution in [0.5, 0.6) is 0 Å². The summed E-state index contributed by atoms with van der Waals surface area (Å²) in [6.45, 7) is 0. The number of hydrazine groups is 2. The van der Waals surface area contributed by atoms with E-state index in [1.807, 2.05) is 23.2 Å². The molecule has 0 unspecified atom stereocenters. The van der Waals surface area contributed by atoms with Crippen LogP contribution in [0.15, 0.2) is 140 Å². The minimum absolute atomic E-state index is 1.01. The fourth-order valence-electron chi connectivity index (χ4n) is 5.08. The molecule has 0 saturated heterocycles. The number of hydrogen-bond donors (Lipinski definition) is 2. The molecule has 0 radical (unpaired) electrons. The van der Waals surface area contributed by atoms with Crippen molar-refractivity contribution in [3.8, 4) is 0 Å². The van der Waals surface area contributed by atoms with Crippen molar-refractivity contribution in [1.82, 2.24) is 11.0 Å². The number of nitrogens with one attached hydrogen (secondary N) is 2. The van der Waals surface area contributed by atoms with Crippen molar-refractivity contribution in [2.75, 3.05) is 14.8 Å². The molecule has 0 bridgehead atoms. The standard InChI is InChI=1S/C32H25N5/c1-3-13-25(14-4-1)35-23-28(33-34-35)24-12-11-17-27(22-24)37-31-20-9-7-18-29(31)36(26-15-5-2-6-16-26)30-19-8-10-21-32(30)37/h1-23,33-34H. The molecule has 7 rings (SSSR count). The van der Waals surface area contributed by atoms with E-state index in [0.29, 0.717) is 0 Å². The third-order valence-corrected chi connectivity index (χ3v) is 6.76. The van der Waals surface area contributed by atoms with Gasteiger partial charge in [0.1, 0.15) is 0 Å². The molecule has 0 spiro atoms. The predicted octanol–water partition coefficient (Wildman–Crippen LogP) is 7.77. The maximum Gasteiger partial charge on any atom is 0.0757 e. The lowest BCUT2D eigenvalue weighted by Gasteiger charge is -2.40. The lowest BCUT2D eigenvalue weighted by molar-refractivity contribution is 0.689. The highest BCUT2D eigenvalue weighted by molar-refractivity contribution is 6.01. The van der Waals surface area contributed by atoms with Gasteiger partial charge >= 0.3 is 0 Å². The second kappa shape index (κ2) is 8.90. The van der Waals surface area contributed by atoms with Gasteiger partial charge in [-0.25, -0.2) is 0 Å². The molecule has 2 aliphatic heterocycles. The Kier molecular flexibility index (Phi) is 5.12. The number of anilines is 7. The molecule has 0 aromatic heterocycles. The van der Waals surface area contributed by atoms with Gasteiger partial charge in [-0.1, -0.05) is 72.8 Å². The Hall–Kier alpha value is -5.00. The van der Waals surface area contributed by atoms with Crippen molar-refractivity contribution in [1.29, 1.82) is 0 Å². The van der Waals surface area contributed by atoms with Gasteiger partial charge < -0.3 is 15.2 Å². The second-order valence-corrected chi connectivity index (χ2v) is 9.02. The van der Waals surface area contributed by atoms with E-state index in [4.69, 9.17) is 0 Å². The van der Waals surface area contributed by atoms with Gasteiger partial charge in [0.15, 0.2) is 0 Å². The molecule has 5 heteroatoms. The van der Waals surface area contributed by atoms with Gasteiger partial charge in [-0.15, -0.1) is 5.53 Å². The Morgan fingerprint density at radius 3 is 1.51 bits per heavy atom. The number of hydrogen-bond acceptors (Lipinski definition) is 5. The molecule has 5 aromatic carbocycles. The summed E-state index contributed by atoms with van der Waals surface area (Å²) in [7, 11) is 0. The summed E-state index contributed by atoms with van der Waals surface area (Å²) in [6, 6.07) is 46.7. The maximum absolute atomic E-state index is 3.33. The first-order valence-corrected chi connectivity index (χ1v) is 12.4. The smallest absolute Gasteiger partial charge is 0.0757 e. The second-order valence-electron chi connectivity index (χ2n) is 9.02. The number of rotatable bonds is 4. The third-order valence-electron chi connectivity index (χ3n) is 6.76. The molecule has 37 heavy (non-hydrogen) atoms. The molecule has 5 aromatic rings. The van der Waals surface area contributed by atoms with Crippen LogP contribution in [0.2, 0.25) is 0 Å². The van der Waals surface area contributed by atoms with E-state index in [9.17, 15) is 0 Å². The van der Waals surface area contributed by atoms with Gasteiger partial charge in [0, 0.05) is 23.1 Å². The molecule has 0 atom stereocenters. The van der Waals surface area contributed by atoms with Crippen LogP contribution in [-0.4, -0.2) is 0 Å². The Bertz CT molecular complexity index is 1550. The first kappa shape index (κ1) is 21.3. The average molecular weight is 480 g/mol. The highest BCUT2D eigenvalue weighted by Gasteiger charge is 2.30. The van der Waals surface area contributed by atoms with Crippen LogP contribution in [0, 0.1) is 0 Å². The SMILES string of the molecule is C1=C(c2cccc(N3c4ccccc4N(c4ccccc4)c4ccccc43)c2)NNN1c1ccccc1. The molecule has 2 N–H and O–H groups in total. The average Bonchev–Trinajstić information content (AvgIpc) is 3.47. The van der Waals surface area contributed by atoms with Crippen LogP contribution in [0.25, 0.3) is 5.70 Å². The summed E-state index contributed by atoms with van der Waals surface area (Å²) >= 11 is 0. The third kappa shape index (κ3) is 3.69. The normalized spacial score (nSPS) is 14.1. The molecular weight excluding hydrogens is 454 g/mol. The van der Waals surface area contributed by atoms with E-state index in [0.717, 1.165) is 51.1 Å². The van der Waals surface area contributed by atoms with E-state index in [2.05, 4.69) is 142 Å². The van der Waals surface area contributed by atoms with E-state index in [-0.39, 0.29) is 0 Å². The molecule has 2 heterocycles. The van der Waals surface area contributed by atoms with Crippen molar-refractivity contribution in [2.24, 2.45) is 0 Å². The maximum atomic E-state index is 3.33. The van der Waals surface area contributed by atoms with Gasteiger partial charge in [0.05, 0.1) is 34.1 Å². The first-order chi connectivity index (χ1) is 18.4. The molecular formula is C32H25N5. The van der Waals surface area contributed by atoms with Crippen LogP contribution in [0.4, 0.5) is 39.8 Å². The van der Waals surface area contributed by atoms with Crippen molar-refractivity contribution < 1.29 is 0 Å². The summed E-state index contributed by atoms with van der Waals surface area (Å²) in [5.74, 6) is 0. The highest BCUT2D eigenvalue weighted by atomic mass is 15.7. The largest absolute Gasteiger partial charge is 0.306 e. The Morgan fingerprint density at radius 2 is 0.919 bits per heavy atom. The van der Waals surface area contributed by atoms with Crippen LogP contribution < -0.4 is 25.8 Å². The van der Waals surface area contributed by atoms with Gasteiger partial charge in [0.25, 0.3) is 0 Å². The molecule has 0 aliphatic carbocycles. The molecule has 5 nitrogen and oxygen atoms in total. The predicted molar refractivity (Wildman–Crippen MR) is 153 cm³/mol. The van der Waals surface area contributed by atoms with Crippen molar-refractivity contribution >= 4 is 45.5 Å². The quantitative estimate of drug-likeness (QED) is 0.270. The molecule has 2 aliphatic rings. The lowest BCUT2D eigenvalue weighted by Crippen LogP contribution is -2.36. The summed E-state index contributed by atoms with van der Waals surface area (Å²) in [5, 5.41) is 1.99. The van der Waals surface area contributed by atoms with E-state index in [1.54, 1.807) is 0 Å². The summed E-state index contributed by atoms with van der Waals surface area (Å²) in [6.07, 6.45) is 2.09. The molecule has 0 amide bonds. The van der Waals surface area contributed by atoms with Crippen LogP contribution >= 0.6 is 0 Å². The van der Waals surface area contributed by atoms with Gasteiger partial charge in [-0.3, -0.25) is 5.01 Å². The first-order valence-electron chi connectivity index (χ1n) is 12.4. The fourth-order valence-corrected chi connectivity index (χ4v) is 5.08. The van der Waals surface area contributed by atoms with Crippen LogP contribution in [-0.2, 0) is 0 Å². The van der Waals surface area contributed by atoms with Crippen molar-refractivity contribution in [3.05, 3.63) is 145 Å². The summed E-state index contributed by atoms with van der Waals surface area (Å²) in [5.41, 5.74) is 16.6. The zero-order valence-electron chi connectivity index (χ0n) is 20.1. The number of nitrogens with zero attached hydrogens (tertiary/aromatic N) is 3. The summed E-state index contributed by atoms with van der Waals surface area (Å²) < 4.78 is 0. The summed E-state index contributed by atoms with van der Waals surface area (Å²) in [4.78, 5) is 4.69. The zero-order valence-corrected chi connectivity index (χ0v) is 20.1. The lowest BCUT2D eigenvalue weighted by atomic mass is 10.0. The van der Waals surface area contributed by atoms with Gasteiger partial charge in [0.2, 0.25) is 0 Å². The van der Waals surface area contributed by atoms with Crippen LogP contribution in [0.3, 0.4) is 0 Å². The van der Waals surface area contributed by atoms with Crippen molar-refractivity contribution in [3.63, 3.8) is 0 Å². The van der Waals surface area contributed by atoms with E-state index < -0.39 is 0 Å². The zero-order chi connectivity index (χ0) is 24.6. The van der Waals surface area contributed by atoms with E-state index >= 15 is 0 Å². The Balaban J connectivity index is 1.33. The van der Waals surface area contributed by atoms with Gasteiger partial charge in [-0.2, -0.15) is 0 Å². The van der Waals surface area contributed by atoms with Gasteiger partial charge in [-0.05, 0) is 60.7 Å². The molecule has 0 saturated carbocycles. The minimum atomic E-state index is 1.01. The topological polar surface area (TPSA) is 33.8 Å². The van der Waals surface area contributed by atoms with E-state index in [1.165, 1.54) is 0 Å². The Labute approximate surface area is 216 Å². The fraction of sp³-hybridized carbons (Fsp3) is 0. The monoisotopic (exact) mass is 479 g/mol. The molecule has 178 valence electrons. The van der Waals surface area contributed by atoms with Crippen molar-refractivity contribution in [2.45, 2.75) is 0 Å². The minimum Gasteiger partial charge on any atom is -0.306 e. The molecule has 0 fully saturated rings. The van der Waals surface area contributed by atoms with Crippen LogP contribution in [0.1, 0.15) is 5.56 Å². The Morgan fingerprint density at radius 1 is 0.432 bits per heavy atom.